The Morgan fingerprint density at radius 1 is 1.32 bits per heavy atom. The molecule has 0 bridgehead atoms. The molecule has 3 N–H and O–H groups in total. The number of nitrogens with two attached hydrogens (primary N) is 1. The Kier molecular flexibility index (Phi) is 4.44. The van der Waals surface area contributed by atoms with Crippen LogP contribution in [-0.2, 0) is 0 Å². The van der Waals surface area contributed by atoms with Crippen LogP contribution in [0.5, 0.6) is 0 Å². The van der Waals surface area contributed by atoms with Crippen LogP contribution >= 0.6 is 43.5 Å². The maximum atomic E-state index is 12.1. The number of nitrogen functional groups attached to an aromatic ring is 1. The Morgan fingerprint density at radius 3 is 2.74 bits per heavy atom. The molecule has 0 aliphatic rings. The van der Waals surface area contributed by atoms with E-state index in [9.17, 15) is 4.79 Å². The summed E-state index contributed by atoms with van der Waals surface area (Å²) in [7, 11) is 0. The van der Waals surface area contributed by atoms with Gasteiger partial charge < -0.3 is 11.1 Å². The molecule has 2 aromatic rings. The number of amides is 1. The minimum Gasteiger partial charge on any atom is -0.397 e. The van der Waals surface area contributed by atoms with Gasteiger partial charge >= 0.3 is 0 Å². The Labute approximate surface area is 131 Å². The molecule has 0 atom stereocenters. The number of anilines is 2. The number of pyridine rings is 1. The van der Waals surface area contributed by atoms with Gasteiger partial charge in [-0.3, -0.25) is 4.79 Å². The topological polar surface area (TPSA) is 68.0 Å². The van der Waals surface area contributed by atoms with E-state index in [1.165, 1.54) is 12.3 Å². The Hall–Kier alpha value is -1.11. The summed E-state index contributed by atoms with van der Waals surface area (Å²) in [4.78, 5) is 15.9. The number of benzene rings is 1. The third kappa shape index (κ3) is 3.46. The molecule has 98 valence electrons. The quantitative estimate of drug-likeness (QED) is 0.740. The van der Waals surface area contributed by atoms with E-state index in [0.29, 0.717) is 11.4 Å². The average molecular weight is 405 g/mol. The Bertz CT molecular complexity index is 649. The second-order valence-electron chi connectivity index (χ2n) is 3.69. The lowest BCUT2D eigenvalue weighted by molar-refractivity contribution is 0.102. The molecule has 0 unspecified atom stereocenters. The molecule has 1 aromatic heterocycles. The highest BCUT2D eigenvalue weighted by Gasteiger charge is 2.13. The van der Waals surface area contributed by atoms with E-state index in [0.717, 1.165) is 8.95 Å². The highest BCUT2D eigenvalue weighted by atomic mass is 79.9. The van der Waals surface area contributed by atoms with Crippen LogP contribution in [0.4, 0.5) is 11.4 Å². The minimum atomic E-state index is -0.368. The number of hydrogen-bond acceptors (Lipinski definition) is 3. The number of nitrogens with zero attached hydrogens (tertiary/aromatic N) is 1. The number of nitrogens with one attached hydrogen (secondary N) is 1. The molecule has 7 heteroatoms. The van der Waals surface area contributed by atoms with Gasteiger partial charge in [-0.1, -0.05) is 27.5 Å². The average Bonchev–Trinajstić information content (AvgIpc) is 2.35. The summed E-state index contributed by atoms with van der Waals surface area (Å²) in [6.45, 7) is 0. The van der Waals surface area contributed by atoms with E-state index in [4.69, 9.17) is 17.3 Å². The first kappa shape index (κ1) is 14.3. The largest absolute Gasteiger partial charge is 0.397 e. The maximum Gasteiger partial charge on any atom is 0.258 e. The first-order valence-electron chi connectivity index (χ1n) is 5.15. The number of halogens is 3. The van der Waals surface area contributed by atoms with Gasteiger partial charge in [0.05, 0.1) is 23.1 Å². The highest BCUT2D eigenvalue weighted by Crippen LogP contribution is 2.27. The van der Waals surface area contributed by atoms with Crippen LogP contribution in [0.3, 0.4) is 0 Å². The van der Waals surface area contributed by atoms with Crippen molar-refractivity contribution in [1.82, 2.24) is 4.98 Å². The van der Waals surface area contributed by atoms with E-state index >= 15 is 0 Å². The molecule has 1 aromatic carbocycles. The fourth-order valence-corrected chi connectivity index (χ4v) is 2.74. The molecule has 2 rings (SSSR count). The lowest BCUT2D eigenvalue weighted by atomic mass is 10.2. The van der Waals surface area contributed by atoms with Crippen LogP contribution in [-0.4, -0.2) is 10.9 Å². The summed E-state index contributed by atoms with van der Waals surface area (Å²) < 4.78 is 1.66. The summed E-state index contributed by atoms with van der Waals surface area (Å²) >= 11 is 12.6. The van der Waals surface area contributed by atoms with Gasteiger partial charge in [0.1, 0.15) is 5.15 Å². The second-order valence-corrected chi connectivity index (χ2v) is 5.81. The number of carbonyl (C=O) groups excluding carboxylic acids is 1. The third-order valence-corrected chi connectivity index (χ3v) is 3.73. The summed E-state index contributed by atoms with van der Waals surface area (Å²) in [6.07, 6.45) is 1.40. The van der Waals surface area contributed by atoms with Crippen LogP contribution in [0, 0.1) is 0 Å². The van der Waals surface area contributed by atoms with E-state index in [1.807, 2.05) is 12.1 Å². The number of hydrogen-bond donors (Lipinski definition) is 2. The van der Waals surface area contributed by atoms with Gasteiger partial charge in [0.15, 0.2) is 0 Å². The maximum absolute atomic E-state index is 12.1. The molecular weight excluding hydrogens is 397 g/mol. The molecule has 0 spiro atoms. The molecule has 0 saturated carbocycles. The number of aromatic nitrogens is 1. The van der Waals surface area contributed by atoms with Crippen LogP contribution < -0.4 is 11.1 Å². The number of carbonyl (C=O) groups is 1. The van der Waals surface area contributed by atoms with E-state index < -0.39 is 0 Å². The SMILES string of the molecule is Nc1cnc(Cl)c(C(=O)Nc2ccc(Br)cc2Br)c1. The van der Waals surface area contributed by atoms with Gasteiger partial charge in [-0.2, -0.15) is 0 Å². The fourth-order valence-electron chi connectivity index (χ4n) is 1.40. The van der Waals surface area contributed by atoms with Crippen molar-refractivity contribution in [2.75, 3.05) is 11.1 Å². The van der Waals surface area contributed by atoms with Gasteiger partial charge in [-0.25, -0.2) is 4.98 Å². The molecule has 0 aliphatic carbocycles. The highest BCUT2D eigenvalue weighted by molar-refractivity contribution is 9.11. The summed E-state index contributed by atoms with van der Waals surface area (Å²) in [5.41, 5.74) is 6.83. The van der Waals surface area contributed by atoms with E-state index in [2.05, 4.69) is 42.2 Å². The molecule has 0 fully saturated rings. The van der Waals surface area contributed by atoms with Crippen LogP contribution in [0.2, 0.25) is 5.15 Å². The lowest BCUT2D eigenvalue weighted by Gasteiger charge is -2.09. The molecule has 0 saturated heterocycles. The normalized spacial score (nSPS) is 10.3. The van der Waals surface area contributed by atoms with Crippen molar-refractivity contribution in [1.29, 1.82) is 0 Å². The first-order valence-corrected chi connectivity index (χ1v) is 7.11. The molecule has 0 radical (unpaired) electrons. The summed E-state index contributed by atoms with van der Waals surface area (Å²) in [6, 6.07) is 6.89. The van der Waals surface area contributed by atoms with Gasteiger partial charge in [-0.15, -0.1) is 0 Å². The van der Waals surface area contributed by atoms with Gasteiger partial charge in [0, 0.05) is 8.95 Å². The van der Waals surface area contributed by atoms with Crippen molar-refractivity contribution in [3.63, 3.8) is 0 Å². The van der Waals surface area contributed by atoms with Crippen molar-refractivity contribution in [2.24, 2.45) is 0 Å². The zero-order chi connectivity index (χ0) is 14.0. The predicted octanol–water partition coefficient (Wildman–Crippen LogP) is 4.09. The van der Waals surface area contributed by atoms with Gasteiger partial charge in [0.25, 0.3) is 5.91 Å². The standard InChI is InChI=1S/C12H8Br2ClN3O/c13-6-1-2-10(9(14)3-6)18-12(19)8-4-7(16)5-17-11(8)15/h1-5H,16H2,(H,18,19). The van der Waals surface area contributed by atoms with Gasteiger partial charge in [0.2, 0.25) is 0 Å². The minimum absolute atomic E-state index is 0.111. The summed E-state index contributed by atoms with van der Waals surface area (Å²) in [5, 5.41) is 2.85. The van der Waals surface area contributed by atoms with Crippen LogP contribution in [0.25, 0.3) is 0 Å². The van der Waals surface area contributed by atoms with Crippen molar-refractivity contribution in [3.05, 3.63) is 50.1 Å². The molecule has 19 heavy (non-hydrogen) atoms. The van der Waals surface area contributed by atoms with Crippen LogP contribution in [0.15, 0.2) is 39.4 Å². The van der Waals surface area contributed by atoms with Crippen LogP contribution in [0.1, 0.15) is 10.4 Å². The van der Waals surface area contributed by atoms with Crippen molar-refractivity contribution in [3.8, 4) is 0 Å². The summed E-state index contributed by atoms with van der Waals surface area (Å²) in [5.74, 6) is -0.368. The van der Waals surface area contributed by atoms with Gasteiger partial charge in [-0.05, 0) is 40.2 Å². The zero-order valence-electron chi connectivity index (χ0n) is 9.45. The van der Waals surface area contributed by atoms with Crippen molar-refractivity contribution in [2.45, 2.75) is 0 Å². The van der Waals surface area contributed by atoms with E-state index in [-0.39, 0.29) is 16.6 Å². The number of rotatable bonds is 2. The lowest BCUT2D eigenvalue weighted by Crippen LogP contribution is -2.13. The Balaban J connectivity index is 2.28. The molecular formula is C12H8Br2ClN3O. The molecule has 0 aliphatic heterocycles. The smallest absolute Gasteiger partial charge is 0.258 e. The second kappa shape index (κ2) is 5.90. The zero-order valence-corrected chi connectivity index (χ0v) is 13.4. The molecule has 1 heterocycles. The molecule has 1 amide bonds. The third-order valence-electron chi connectivity index (χ3n) is 2.28. The predicted molar refractivity (Wildman–Crippen MR) is 83.5 cm³/mol. The monoisotopic (exact) mass is 403 g/mol. The van der Waals surface area contributed by atoms with Crippen molar-refractivity contribution < 1.29 is 4.79 Å². The first-order chi connectivity index (χ1) is 8.97. The Morgan fingerprint density at radius 2 is 2.05 bits per heavy atom. The van der Waals surface area contributed by atoms with Crippen molar-refractivity contribution >= 4 is 60.7 Å². The molecule has 4 nitrogen and oxygen atoms in total. The van der Waals surface area contributed by atoms with E-state index in [1.54, 1.807) is 6.07 Å². The fraction of sp³-hybridized carbons (Fsp3) is 0.